The lowest BCUT2D eigenvalue weighted by molar-refractivity contribution is -0.134. The van der Waals surface area contributed by atoms with Gasteiger partial charge in [-0.15, -0.1) is 0 Å². The summed E-state index contributed by atoms with van der Waals surface area (Å²) in [5.41, 5.74) is 0. The van der Waals surface area contributed by atoms with E-state index in [4.69, 9.17) is 4.74 Å². The predicted octanol–water partition coefficient (Wildman–Crippen LogP) is 0.0320. The van der Waals surface area contributed by atoms with Crippen LogP contribution in [-0.2, 0) is 9.53 Å². The van der Waals surface area contributed by atoms with Gasteiger partial charge in [-0.05, 0) is 32.7 Å². The minimum Gasteiger partial charge on any atom is -0.364 e. The SMILES string of the molecule is CC(OC1CCNC1)C(=O)NC1CC1. The van der Waals surface area contributed by atoms with E-state index in [1.54, 1.807) is 0 Å². The summed E-state index contributed by atoms with van der Waals surface area (Å²) in [4.78, 5) is 11.5. The van der Waals surface area contributed by atoms with Crippen LogP contribution in [0, 0.1) is 0 Å². The molecule has 4 heteroatoms. The summed E-state index contributed by atoms with van der Waals surface area (Å²) in [6.45, 7) is 3.71. The number of ether oxygens (including phenoxy) is 1. The third kappa shape index (κ3) is 2.69. The highest BCUT2D eigenvalue weighted by atomic mass is 16.5. The van der Waals surface area contributed by atoms with Crippen molar-refractivity contribution in [2.45, 2.75) is 44.4 Å². The summed E-state index contributed by atoms with van der Waals surface area (Å²) in [5, 5.41) is 6.16. The van der Waals surface area contributed by atoms with Gasteiger partial charge in [-0.1, -0.05) is 0 Å². The molecule has 14 heavy (non-hydrogen) atoms. The van der Waals surface area contributed by atoms with Gasteiger partial charge in [0.25, 0.3) is 0 Å². The summed E-state index contributed by atoms with van der Waals surface area (Å²) < 4.78 is 5.63. The van der Waals surface area contributed by atoms with Crippen LogP contribution < -0.4 is 10.6 Å². The minimum atomic E-state index is -0.305. The van der Waals surface area contributed by atoms with Gasteiger partial charge in [-0.25, -0.2) is 0 Å². The molecule has 1 aliphatic heterocycles. The van der Waals surface area contributed by atoms with Gasteiger partial charge in [0.1, 0.15) is 6.10 Å². The Morgan fingerprint density at radius 2 is 2.29 bits per heavy atom. The molecule has 1 saturated heterocycles. The maximum Gasteiger partial charge on any atom is 0.249 e. The minimum absolute atomic E-state index is 0.0411. The number of carbonyl (C=O) groups is 1. The lowest BCUT2D eigenvalue weighted by Crippen LogP contribution is -2.38. The summed E-state index contributed by atoms with van der Waals surface area (Å²) in [6, 6.07) is 0.426. The van der Waals surface area contributed by atoms with Gasteiger partial charge < -0.3 is 15.4 Å². The predicted molar refractivity (Wildman–Crippen MR) is 53.0 cm³/mol. The standard InChI is InChI=1S/C10H18N2O2/c1-7(10(13)12-8-2-3-8)14-9-4-5-11-6-9/h7-9,11H,2-6H2,1H3,(H,12,13). The third-order valence-electron chi connectivity index (χ3n) is 2.70. The highest BCUT2D eigenvalue weighted by molar-refractivity contribution is 5.80. The first kappa shape index (κ1) is 9.93. The van der Waals surface area contributed by atoms with E-state index < -0.39 is 0 Å². The van der Waals surface area contributed by atoms with E-state index in [0.29, 0.717) is 6.04 Å². The second-order valence-corrected chi connectivity index (χ2v) is 4.18. The Morgan fingerprint density at radius 3 is 2.86 bits per heavy atom. The smallest absolute Gasteiger partial charge is 0.249 e. The van der Waals surface area contributed by atoms with Crippen LogP contribution in [0.15, 0.2) is 0 Å². The topological polar surface area (TPSA) is 50.4 Å². The first-order chi connectivity index (χ1) is 6.75. The van der Waals surface area contributed by atoms with E-state index in [0.717, 1.165) is 32.4 Å². The molecule has 2 aliphatic rings. The molecule has 80 valence electrons. The van der Waals surface area contributed by atoms with Gasteiger partial charge in [0.15, 0.2) is 0 Å². The van der Waals surface area contributed by atoms with Crippen LogP contribution in [0.25, 0.3) is 0 Å². The highest BCUT2D eigenvalue weighted by Crippen LogP contribution is 2.19. The molecule has 0 radical (unpaired) electrons. The van der Waals surface area contributed by atoms with Crippen molar-refractivity contribution in [1.29, 1.82) is 0 Å². The molecule has 0 aromatic heterocycles. The van der Waals surface area contributed by atoms with Crippen LogP contribution >= 0.6 is 0 Å². The monoisotopic (exact) mass is 198 g/mol. The van der Waals surface area contributed by atoms with E-state index in [1.165, 1.54) is 0 Å². The van der Waals surface area contributed by atoms with E-state index in [2.05, 4.69) is 10.6 Å². The van der Waals surface area contributed by atoms with E-state index in [9.17, 15) is 4.79 Å². The Kier molecular flexibility index (Phi) is 3.03. The summed E-state index contributed by atoms with van der Waals surface area (Å²) in [5.74, 6) is 0.0411. The first-order valence-corrected chi connectivity index (χ1v) is 5.42. The molecule has 1 aliphatic carbocycles. The quantitative estimate of drug-likeness (QED) is 0.670. The first-order valence-electron chi connectivity index (χ1n) is 5.42. The van der Waals surface area contributed by atoms with E-state index in [1.807, 2.05) is 6.92 Å². The van der Waals surface area contributed by atoms with Crippen molar-refractivity contribution in [2.24, 2.45) is 0 Å². The number of carbonyl (C=O) groups excluding carboxylic acids is 1. The molecule has 1 saturated carbocycles. The van der Waals surface area contributed by atoms with Gasteiger partial charge >= 0.3 is 0 Å². The Morgan fingerprint density at radius 1 is 1.50 bits per heavy atom. The van der Waals surface area contributed by atoms with Gasteiger partial charge in [0, 0.05) is 12.6 Å². The molecular formula is C10H18N2O2. The second-order valence-electron chi connectivity index (χ2n) is 4.18. The number of hydrogen-bond donors (Lipinski definition) is 2. The van der Waals surface area contributed by atoms with Crippen molar-refractivity contribution in [3.05, 3.63) is 0 Å². The fourth-order valence-corrected chi connectivity index (χ4v) is 1.64. The van der Waals surface area contributed by atoms with Gasteiger partial charge in [-0.3, -0.25) is 4.79 Å². The molecule has 2 atom stereocenters. The largest absolute Gasteiger partial charge is 0.364 e. The Hall–Kier alpha value is -0.610. The van der Waals surface area contributed by atoms with E-state index >= 15 is 0 Å². The lowest BCUT2D eigenvalue weighted by Gasteiger charge is -2.17. The third-order valence-corrected chi connectivity index (χ3v) is 2.70. The second kappa shape index (κ2) is 4.28. The molecule has 2 unspecified atom stereocenters. The van der Waals surface area contributed by atoms with Crippen molar-refractivity contribution >= 4 is 5.91 Å². The Balaban J connectivity index is 1.69. The fraction of sp³-hybridized carbons (Fsp3) is 0.900. The van der Waals surface area contributed by atoms with Crippen molar-refractivity contribution in [1.82, 2.24) is 10.6 Å². The zero-order chi connectivity index (χ0) is 9.97. The molecule has 0 spiro atoms. The number of rotatable bonds is 4. The highest BCUT2D eigenvalue weighted by Gasteiger charge is 2.27. The Labute approximate surface area is 84.4 Å². The molecule has 1 heterocycles. The van der Waals surface area contributed by atoms with E-state index in [-0.39, 0.29) is 18.1 Å². The summed E-state index contributed by atoms with van der Waals surface area (Å²) >= 11 is 0. The Bertz CT molecular complexity index is 210. The molecule has 4 nitrogen and oxygen atoms in total. The maximum absolute atomic E-state index is 11.5. The van der Waals surface area contributed by atoms with Crippen LogP contribution in [-0.4, -0.2) is 37.2 Å². The van der Waals surface area contributed by atoms with Gasteiger partial charge in [0.2, 0.25) is 5.91 Å². The fourth-order valence-electron chi connectivity index (χ4n) is 1.64. The van der Waals surface area contributed by atoms with Gasteiger partial charge in [0.05, 0.1) is 6.10 Å². The van der Waals surface area contributed by atoms with Crippen LogP contribution in [0.2, 0.25) is 0 Å². The summed E-state index contributed by atoms with van der Waals surface area (Å²) in [6.07, 6.45) is 3.18. The molecule has 1 amide bonds. The van der Waals surface area contributed by atoms with Gasteiger partial charge in [-0.2, -0.15) is 0 Å². The maximum atomic E-state index is 11.5. The van der Waals surface area contributed by atoms with Crippen LogP contribution in [0.4, 0.5) is 0 Å². The van der Waals surface area contributed by atoms with Crippen molar-refractivity contribution in [2.75, 3.05) is 13.1 Å². The van der Waals surface area contributed by atoms with Crippen molar-refractivity contribution in [3.63, 3.8) is 0 Å². The molecule has 0 bridgehead atoms. The average molecular weight is 198 g/mol. The molecular weight excluding hydrogens is 180 g/mol. The van der Waals surface area contributed by atoms with Crippen molar-refractivity contribution < 1.29 is 9.53 Å². The normalized spacial score (nSPS) is 28.8. The zero-order valence-electron chi connectivity index (χ0n) is 8.58. The van der Waals surface area contributed by atoms with Crippen molar-refractivity contribution in [3.8, 4) is 0 Å². The zero-order valence-corrected chi connectivity index (χ0v) is 8.58. The average Bonchev–Trinajstić information content (AvgIpc) is 2.81. The number of nitrogens with one attached hydrogen (secondary N) is 2. The summed E-state index contributed by atoms with van der Waals surface area (Å²) in [7, 11) is 0. The molecule has 2 rings (SSSR count). The van der Waals surface area contributed by atoms with Crippen LogP contribution in [0.1, 0.15) is 26.2 Å². The molecule has 0 aromatic carbocycles. The van der Waals surface area contributed by atoms with Crippen LogP contribution in [0.5, 0.6) is 0 Å². The molecule has 2 fully saturated rings. The lowest BCUT2D eigenvalue weighted by atomic mass is 10.3. The van der Waals surface area contributed by atoms with Crippen LogP contribution in [0.3, 0.4) is 0 Å². The molecule has 0 aromatic rings. The molecule has 2 N–H and O–H groups in total. The number of amides is 1. The number of hydrogen-bond acceptors (Lipinski definition) is 3.